The summed E-state index contributed by atoms with van der Waals surface area (Å²) in [6.45, 7) is 2.09. The number of halogens is 3. The standard InChI is InChI=1S/C14H17F3O/c1-10(13(9-18)7-2-8-13)11-3-5-12(6-4-11)14(15,16)17/h3-6,10,18H,2,7-9H2,1H3. The van der Waals surface area contributed by atoms with Crippen LogP contribution in [0.2, 0.25) is 0 Å². The van der Waals surface area contributed by atoms with E-state index in [1.165, 1.54) is 12.1 Å². The summed E-state index contributed by atoms with van der Waals surface area (Å²) in [5.41, 5.74) is 0.126. The van der Waals surface area contributed by atoms with Crippen molar-refractivity contribution in [2.45, 2.75) is 38.3 Å². The molecule has 1 aliphatic rings. The van der Waals surface area contributed by atoms with Crippen molar-refractivity contribution in [1.82, 2.24) is 0 Å². The molecule has 1 aromatic rings. The highest BCUT2D eigenvalue weighted by atomic mass is 19.4. The molecule has 1 nitrogen and oxygen atoms in total. The van der Waals surface area contributed by atoms with Gasteiger partial charge in [-0.2, -0.15) is 13.2 Å². The third-order valence-electron chi connectivity index (χ3n) is 4.32. The van der Waals surface area contributed by atoms with Gasteiger partial charge in [-0.3, -0.25) is 0 Å². The molecule has 1 saturated carbocycles. The van der Waals surface area contributed by atoms with Gasteiger partial charge in [-0.25, -0.2) is 0 Å². The Morgan fingerprint density at radius 1 is 1.22 bits per heavy atom. The third-order valence-corrected chi connectivity index (χ3v) is 4.32. The molecule has 0 spiro atoms. The van der Waals surface area contributed by atoms with Gasteiger partial charge < -0.3 is 5.11 Å². The van der Waals surface area contributed by atoms with E-state index in [2.05, 4.69) is 0 Å². The quantitative estimate of drug-likeness (QED) is 0.869. The molecule has 1 unspecified atom stereocenters. The van der Waals surface area contributed by atoms with Crippen LogP contribution in [0.4, 0.5) is 13.2 Å². The zero-order valence-electron chi connectivity index (χ0n) is 10.3. The molecule has 1 aromatic carbocycles. The molecule has 0 aliphatic heterocycles. The minimum Gasteiger partial charge on any atom is -0.396 e. The maximum atomic E-state index is 12.5. The van der Waals surface area contributed by atoms with Gasteiger partial charge in [0.2, 0.25) is 0 Å². The van der Waals surface area contributed by atoms with E-state index in [1.54, 1.807) is 0 Å². The fraction of sp³-hybridized carbons (Fsp3) is 0.571. The van der Waals surface area contributed by atoms with Gasteiger partial charge in [-0.1, -0.05) is 25.5 Å². The van der Waals surface area contributed by atoms with Gasteiger partial charge in [-0.05, 0) is 36.5 Å². The largest absolute Gasteiger partial charge is 0.416 e. The monoisotopic (exact) mass is 258 g/mol. The molecule has 2 rings (SSSR count). The normalized spacial score (nSPS) is 20.3. The smallest absolute Gasteiger partial charge is 0.396 e. The molecule has 100 valence electrons. The van der Waals surface area contributed by atoms with E-state index in [9.17, 15) is 18.3 Å². The molecule has 18 heavy (non-hydrogen) atoms. The minimum atomic E-state index is -4.28. The number of aliphatic hydroxyl groups excluding tert-OH is 1. The molecule has 0 aromatic heterocycles. The number of hydrogen-bond donors (Lipinski definition) is 1. The predicted octanol–water partition coefficient (Wildman–Crippen LogP) is 3.97. The first-order valence-electron chi connectivity index (χ1n) is 6.17. The number of aliphatic hydroxyl groups is 1. The lowest BCUT2D eigenvalue weighted by Crippen LogP contribution is -2.38. The topological polar surface area (TPSA) is 20.2 Å². The Kier molecular flexibility index (Phi) is 3.41. The SMILES string of the molecule is CC(c1ccc(C(F)(F)F)cc1)C1(CO)CCC1. The van der Waals surface area contributed by atoms with Crippen LogP contribution < -0.4 is 0 Å². The van der Waals surface area contributed by atoms with E-state index in [-0.39, 0.29) is 17.9 Å². The van der Waals surface area contributed by atoms with Gasteiger partial charge in [0.25, 0.3) is 0 Å². The second-order valence-corrected chi connectivity index (χ2v) is 5.22. The second kappa shape index (κ2) is 4.57. The molecule has 0 saturated heterocycles. The van der Waals surface area contributed by atoms with Gasteiger partial charge in [0, 0.05) is 12.0 Å². The number of hydrogen-bond acceptors (Lipinski definition) is 1. The average molecular weight is 258 g/mol. The Balaban J connectivity index is 2.19. The first-order chi connectivity index (χ1) is 8.39. The lowest BCUT2D eigenvalue weighted by Gasteiger charge is -2.45. The van der Waals surface area contributed by atoms with Crippen LogP contribution >= 0.6 is 0 Å². The first kappa shape index (κ1) is 13.4. The number of rotatable bonds is 3. The van der Waals surface area contributed by atoms with Gasteiger partial charge in [-0.15, -0.1) is 0 Å². The van der Waals surface area contributed by atoms with Crippen LogP contribution in [-0.4, -0.2) is 11.7 Å². The Labute approximate surface area is 105 Å². The summed E-state index contributed by atoms with van der Waals surface area (Å²) in [5.74, 6) is 0.0959. The highest BCUT2D eigenvalue weighted by Crippen LogP contribution is 2.51. The van der Waals surface area contributed by atoms with Crippen molar-refractivity contribution in [2.75, 3.05) is 6.61 Å². The Hall–Kier alpha value is -1.03. The average Bonchev–Trinajstić information content (AvgIpc) is 2.27. The lowest BCUT2D eigenvalue weighted by atomic mass is 9.60. The summed E-state index contributed by atoms with van der Waals surface area (Å²) in [6, 6.07) is 5.30. The van der Waals surface area contributed by atoms with Gasteiger partial charge in [0.05, 0.1) is 5.56 Å². The molecule has 0 bridgehead atoms. The van der Waals surface area contributed by atoms with Crippen molar-refractivity contribution in [3.8, 4) is 0 Å². The van der Waals surface area contributed by atoms with E-state index in [0.717, 1.165) is 37.0 Å². The molecular weight excluding hydrogens is 241 g/mol. The van der Waals surface area contributed by atoms with Crippen LogP contribution in [0.25, 0.3) is 0 Å². The maximum absolute atomic E-state index is 12.5. The van der Waals surface area contributed by atoms with Crippen LogP contribution in [0.15, 0.2) is 24.3 Å². The molecule has 1 fully saturated rings. The Morgan fingerprint density at radius 2 is 1.78 bits per heavy atom. The fourth-order valence-corrected chi connectivity index (χ4v) is 2.67. The Morgan fingerprint density at radius 3 is 2.11 bits per heavy atom. The van der Waals surface area contributed by atoms with Crippen LogP contribution in [0.5, 0.6) is 0 Å². The van der Waals surface area contributed by atoms with Gasteiger partial charge in [0.15, 0.2) is 0 Å². The van der Waals surface area contributed by atoms with Crippen molar-refractivity contribution in [3.63, 3.8) is 0 Å². The van der Waals surface area contributed by atoms with E-state index >= 15 is 0 Å². The van der Waals surface area contributed by atoms with Crippen LogP contribution in [0.1, 0.15) is 43.2 Å². The highest BCUT2D eigenvalue weighted by molar-refractivity contribution is 5.28. The fourth-order valence-electron chi connectivity index (χ4n) is 2.67. The van der Waals surface area contributed by atoms with Gasteiger partial charge >= 0.3 is 6.18 Å². The number of alkyl halides is 3. The summed E-state index contributed by atoms with van der Waals surface area (Å²) in [6.07, 6.45) is -1.30. The third kappa shape index (κ3) is 2.26. The van der Waals surface area contributed by atoms with E-state index in [1.807, 2.05) is 6.92 Å². The summed E-state index contributed by atoms with van der Waals surface area (Å²) in [7, 11) is 0. The summed E-state index contributed by atoms with van der Waals surface area (Å²) in [5, 5.41) is 9.47. The van der Waals surface area contributed by atoms with Crippen LogP contribution in [0, 0.1) is 5.41 Å². The van der Waals surface area contributed by atoms with Crippen molar-refractivity contribution < 1.29 is 18.3 Å². The van der Waals surface area contributed by atoms with E-state index < -0.39 is 11.7 Å². The van der Waals surface area contributed by atoms with Gasteiger partial charge in [0.1, 0.15) is 0 Å². The van der Waals surface area contributed by atoms with E-state index in [4.69, 9.17) is 0 Å². The molecule has 0 heterocycles. The zero-order chi connectivity index (χ0) is 13.4. The summed E-state index contributed by atoms with van der Waals surface area (Å²) < 4.78 is 37.4. The van der Waals surface area contributed by atoms with Crippen molar-refractivity contribution >= 4 is 0 Å². The molecule has 0 radical (unpaired) electrons. The molecule has 4 heteroatoms. The summed E-state index contributed by atoms with van der Waals surface area (Å²) >= 11 is 0. The lowest BCUT2D eigenvalue weighted by molar-refractivity contribution is -0.137. The number of benzene rings is 1. The predicted molar refractivity (Wildman–Crippen MR) is 63.2 cm³/mol. The first-order valence-corrected chi connectivity index (χ1v) is 6.17. The van der Waals surface area contributed by atoms with Crippen molar-refractivity contribution in [2.24, 2.45) is 5.41 Å². The second-order valence-electron chi connectivity index (χ2n) is 5.22. The Bertz CT molecular complexity index is 399. The minimum absolute atomic E-state index is 0.0959. The van der Waals surface area contributed by atoms with Crippen LogP contribution in [0.3, 0.4) is 0 Å². The van der Waals surface area contributed by atoms with Crippen LogP contribution in [-0.2, 0) is 6.18 Å². The zero-order valence-corrected chi connectivity index (χ0v) is 10.3. The molecule has 1 N–H and O–H groups in total. The van der Waals surface area contributed by atoms with Crippen molar-refractivity contribution in [3.05, 3.63) is 35.4 Å². The highest BCUT2D eigenvalue weighted by Gasteiger charge is 2.42. The maximum Gasteiger partial charge on any atom is 0.416 e. The summed E-state index contributed by atoms with van der Waals surface area (Å²) in [4.78, 5) is 0. The molecule has 1 aliphatic carbocycles. The molecule has 1 atom stereocenters. The molecular formula is C14H17F3O. The van der Waals surface area contributed by atoms with Crippen molar-refractivity contribution in [1.29, 1.82) is 0 Å². The molecule has 0 amide bonds. The van der Waals surface area contributed by atoms with E-state index in [0.29, 0.717) is 0 Å².